The highest BCUT2D eigenvalue weighted by Gasteiger charge is 2.25. The number of rotatable bonds is 7. The van der Waals surface area contributed by atoms with Crippen molar-refractivity contribution in [2.24, 2.45) is 9.98 Å². The summed E-state index contributed by atoms with van der Waals surface area (Å²) in [4.78, 5) is 12.7. The molecule has 0 fully saturated rings. The summed E-state index contributed by atoms with van der Waals surface area (Å²) in [5.74, 6) is 1.52. The molecule has 65 heavy (non-hydrogen) atoms. The van der Waals surface area contributed by atoms with Crippen molar-refractivity contribution < 1.29 is 0 Å². The lowest BCUT2D eigenvalue weighted by Gasteiger charge is -2.25. The first kappa shape index (κ1) is 37.1. The molecule has 0 amide bonds. The number of allylic oxidation sites excluding steroid dienone is 2. The van der Waals surface area contributed by atoms with Crippen LogP contribution in [0.2, 0.25) is 0 Å². The first-order chi connectivity index (χ1) is 32.2. The van der Waals surface area contributed by atoms with Gasteiger partial charge in [0.05, 0.1) is 27.6 Å². The lowest BCUT2D eigenvalue weighted by molar-refractivity contribution is 0.721. The summed E-state index contributed by atoms with van der Waals surface area (Å²) < 4.78 is 4.93. The molecule has 3 aromatic heterocycles. The van der Waals surface area contributed by atoms with Gasteiger partial charge in [0.15, 0.2) is 5.84 Å². The maximum atomic E-state index is 5.23. The predicted molar refractivity (Wildman–Crippen MR) is 272 cm³/mol. The first-order valence-corrected chi connectivity index (χ1v) is 22.4. The molecule has 0 saturated carbocycles. The molecule has 13 rings (SSSR count). The number of nitrogens with zero attached hydrogens (tertiary/aromatic N) is 5. The number of amidine groups is 2. The fourth-order valence-corrected chi connectivity index (χ4v) is 10.2. The van der Waals surface area contributed by atoms with E-state index < -0.39 is 0 Å². The summed E-state index contributed by atoms with van der Waals surface area (Å²) in [7, 11) is 0. The van der Waals surface area contributed by atoms with E-state index in [0.29, 0.717) is 0 Å². The maximum Gasteiger partial charge on any atom is 0.159 e. The van der Waals surface area contributed by atoms with Gasteiger partial charge in [0, 0.05) is 60.8 Å². The molecule has 308 valence electrons. The zero-order chi connectivity index (χ0) is 42.8. The molecule has 1 aliphatic heterocycles. The second-order valence-corrected chi connectivity index (χ2v) is 16.9. The van der Waals surface area contributed by atoms with E-state index in [1.807, 2.05) is 6.07 Å². The molecular weight excluding hydrogens is 793 g/mol. The Hall–Kier alpha value is -8.48. The molecule has 6 heteroatoms. The Labute approximate surface area is 376 Å². The van der Waals surface area contributed by atoms with Crippen molar-refractivity contribution >= 4 is 88.6 Å². The third-order valence-corrected chi connectivity index (χ3v) is 13.1. The summed E-state index contributed by atoms with van der Waals surface area (Å²) in [5.41, 5.74) is 13.3. The van der Waals surface area contributed by atoms with E-state index in [-0.39, 0.29) is 6.17 Å². The zero-order valence-electron chi connectivity index (χ0n) is 35.5. The average Bonchev–Trinajstić information content (AvgIpc) is 3.94. The van der Waals surface area contributed by atoms with E-state index >= 15 is 0 Å². The largest absolute Gasteiger partial charge is 0.344 e. The van der Waals surface area contributed by atoms with Crippen molar-refractivity contribution in [3.8, 4) is 5.69 Å². The van der Waals surface area contributed by atoms with Crippen molar-refractivity contribution in [2.75, 3.05) is 4.90 Å². The van der Waals surface area contributed by atoms with Crippen LogP contribution in [0.3, 0.4) is 0 Å². The summed E-state index contributed by atoms with van der Waals surface area (Å²) in [6.45, 7) is 0. The molecule has 0 radical (unpaired) electrons. The second kappa shape index (κ2) is 15.1. The third kappa shape index (κ3) is 6.10. The standard InChI is InChI=1S/C59H42N6/c1-5-18-39(19-6-1)57-60-58(40-20-7-2-8-21-40)62-59(61-57)41-22-17-27-44(36-41)64-53-34-32-45(63(42-23-9-3-10-24-42)43-25-11-4-12-26-43)37-50(53)49-33-35-54-51(56(49)64)38-55-48-30-14-13-28-46(48)47-29-15-16-31-52(47)65(54)55/h1,3-7,9-38,58H,2,8H2,(H,60,61,62). The number of aliphatic imine (C=N–C) groups is 2. The van der Waals surface area contributed by atoms with Gasteiger partial charge < -0.3 is 19.2 Å². The van der Waals surface area contributed by atoms with Crippen LogP contribution in [0.25, 0.3) is 65.6 Å². The van der Waals surface area contributed by atoms with E-state index in [1.165, 1.54) is 48.9 Å². The number of nitrogens with one attached hydrogen (secondary N) is 1. The summed E-state index contributed by atoms with van der Waals surface area (Å²) in [6.07, 6.45) is 8.54. The molecule has 1 atom stereocenters. The van der Waals surface area contributed by atoms with Gasteiger partial charge in [-0.3, -0.25) is 0 Å². The molecule has 6 nitrogen and oxygen atoms in total. The van der Waals surface area contributed by atoms with Crippen LogP contribution in [0.5, 0.6) is 0 Å². The smallest absolute Gasteiger partial charge is 0.159 e. The molecule has 4 heterocycles. The van der Waals surface area contributed by atoms with Crippen LogP contribution in [0, 0.1) is 0 Å². The van der Waals surface area contributed by atoms with E-state index in [1.54, 1.807) is 0 Å². The van der Waals surface area contributed by atoms with Gasteiger partial charge in [-0.25, -0.2) is 9.98 Å². The molecule has 11 aromatic rings. The zero-order valence-corrected chi connectivity index (χ0v) is 35.5. The van der Waals surface area contributed by atoms with Crippen LogP contribution >= 0.6 is 0 Å². The van der Waals surface area contributed by atoms with Gasteiger partial charge >= 0.3 is 0 Å². The average molecular weight is 835 g/mol. The van der Waals surface area contributed by atoms with Crippen LogP contribution < -0.4 is 10.2 Å². The van der Waals surface area contributed by atoms with Crippen molar-refractivity contribution in [3.05, 3.63) is 235 Å². The number of fused-ring (bicyclic) bond motifs is 12. The molecule has 1 unspecified atom stereocenters. The monoisotopic (exact) mass is 834 g/mol. The summed E-state index contributed by atoms with van der Waals surface area (Å²) in [6, 6.07) is 72.1. The van der Waals surface area contributed by atoms with Gasteiger partial charge in [-0.1, -0.05) is 146 Å². The van der Waals surface area contributed by atoms with Gasteiger partial charge in [-0.15, -0.1) is 0 Å². The fraction of sp³-hybridized carbons (Fsp3) is 0.0508. The predicted octanol–water partition coefficient (Wildman–Crippen LogP) is 14.4. The van der Waals surface area contributed by atoms with Gasteiger partial charge in [-0.05, 0) is 96.6 Å². The molecule has 0 saturated heterocycles. The van der Waals surface area contributed by atoms with Crippen molar-refractivity contribution in [1.82, 2.24) is 14.3 Å². The Bertz CT molecular complexity index is 3760. The summed E-state index contributed by atoms with van der Waals surface area (Å²) >= 11 is 0. The number of pyridine rings is 1. The van der Waals surface area contributed by atoms with Crippen molar-refractivity contribution in [2.45, 2.75) is 19.0 Å². The van der Waals surface area contributed by atoms with E-state index in [9.17, 15) is 0 Å². The molecule has 1 N–H and O–H groups in total. The number of hydrogen-bond donors (Lipinski definition) is 1. The van der Waals surface area contributed by atoms with Crippen LogP contribution in [-0.4, -0.2) is 26.8 Å². The topological polar surface area (TPSA) is 49.3 Å². The Morgan fingerprint density at radius 3 is 1.89 bits per heavy atom. The highest BCUT2D eigenvalue weighted by atomic mass is 15.2. The highest BCUT2D eigenvalue weighted by molar-refractivity contribution is 6.23. The van der Waals surface area contributed by atoms with Gasteiger partial charge in [0.1, 0.15) is 12.0 Å². The van der Waals surface area contributed by atoms with Crippen LogP contribution in [-0.2, 0) is 0 Å². The van der Waals surface area contributed by atoms with Gasteiger partial charge in [0.25, 0.3) is 0 Å². The Kier molecular flexibility index (Phi) is 8.62. The molecule has 8 aromatic carbocycles. The van der Waals surface area contributed by atoms with Crippen LogP contribution in [0.15, 0.2) is 234 Å². The highest BCUT2D eigenvalue weighted by Crippen LogP contribution is 2.43. The number of benzene rings is 8. The minimum Gasteiger partial charge on any atom is -0.344 e. The summed E-state index contributed by atoms with van der Waals surface area (Å²) in [5, 5.41) is 11.0. The van der Waals surface area contributed by atoms with E-state index in [4.69, 9.17) is 9.98 Å². The molecular formula is C59H42N6. The second-order valence-electron chi connectivity index (χ2n) is 16.9. The normalized spacial score (nSPS) is 15.1. The number of para-hydroxylation sites is 3. The number of aromatic nitrogens is 2. The SMILES string of the molecule is C1=CC(C2N=C(c3ccccc3)N=C(c3cccc(-n4c5ccc(N(c6ccccc6)c6ccccc6)cc5c5ccc6c(cc7c8ccccc8c8ccccc8n76)c54)c3)N2)=CCC1. The lowest BCUT2D eigenvalue weighted by atomic mass is 10.0. The van der Waals surface area contributed by atoms with Crippen LogP contribution in [0.1, 0.15) is 24.0 Å². The van der Waals surface area contributed by atoms with Crippen molar-refractivity contribution in [1.29, 1.82) is 0 Å². The van der Waals surface area contributed by atoms with E-state index in [0.717, 1.165) is 75.0 Å². The fourth-order valence-electron chi connectivity index (χ4n) is 10.2. The first-order valence-electron chi connectivity index (χ1n) is 22.4. The number of anilines is 3. The minimum atomic E-state index is -0.250. The molecule has 0 bridgehead atoms. The van der Waals surface area contributed by atoms with Crippen LogP contribution in [0.4, 0.5) is 17.1 Å². The Balaban J connectivity index is 1.07. The quantitative estimate of drug-likeness (QED) is 0.163. The van der Waals surface area contributed by atoms with Gasteiger partial charge in [-0.2, -0.15) is 0 Å². The van der Waals surface area contributed by atoms with Crippen molar-refractivity contribution in [3.63, 3.8) is 0 Å². The molecule has 0 spiro atoms. The van der Waals surface area contributed by atoms with E-state index in [2.05, 4.69) is 232 Å². The Morgan fingerprint density at radius 2 is 1.14 bits per heavy atom. The van der Waals surface area contributed by atoms with Gasteiger partial charge in [0.2, 0.25) is 0 Å². The Morgan fingerprint density at radius 1 is 0.477 bits per heavy atom. The number of hydrogen-bond acceptors (Lipinski definition) is 4. The molecule has 2 aliphatic rings. The third-order valence-electron chi connectivity index (χ3n) is 13.1. The minimum absolute atomic E-state index is 0.250. The lowest BCUT2D eigenvalue weighted by Crippen LogP contribution is -2.40. The maximum absolute atomic E-state index is 5.23. The molecule has 1 aliphatic carbocycles.